The number of amides is 2. The molecule has 1 aliphatic rings. The molecular weight excluding hydrogens is 487 g/mol. The summed E-state index contributed by atoms with van der Waals surface area (Å²) in [7, 11) is 1.33. The van der Waals surface area contributed by atoms with Crippen LogP contribution in [0.1, 0.15) is 28.8 Å². The monoisotopic (exact) mass is 506 g/mol. The molecule has 2 heterocycles. The van der Waals surface area contributed by atoms with Gasteiger partial charge < -0.3 is 19.4 Å². The van der Waals surface area contributed by atoms with Gasteiger partial charge in [-0.1, -0.05) is 18.1 Å². The quantitative estimate of drug-likeness (QED) is 0.371. The molecule has 3 aromatic rings. The number of nitrogens with one attached hydrogen (secondary N) is 1. The Hall–Kier alpha value is -4.07. The molecule has 0 spiro atoms. The second kappa shape index (κ2) is 9.53. The van der Waals surface area contributed by atoms with Crippen LogP contribution in [-0.4, -0.2) is 49.1 Å². The smallest absolute Gasteiger partial charge is 0.424 e. The summed E-state index contributed by atoms with van der Waals surface area (Å²) in [5.41, 5.74) is 1.25. The van der Waals surface area contributed by atoms with Crippen molar-refractivity contribution in [3.63, 3.8) is 0 Å². The maximum absolute atomic E-state index is 13.4. The van der Waals surface area contributed by atoms with Gasteiger partial charge in [0.25, 0.3) is 17.8 Å². The first-order valence-electron chi connectivity index (χ1n) is 10.8. The maximum atomic E-state index is 13.4. The van der Waals surface area contributed by atoms with Gasteiger partial charge in [0.2, 0.25) is 0 Å². The van der Waals surface area contributed by atoms with E-state index in [9.17, 15) is 31.5 Å². The summed E-state index contributed by atoms with van der Waals surface area (Å²) in [6.45, 7) is -0.0983. The number of benzene rings is 2. The summed E-state index contributed by atoms with van der Waals surface area (Å²) in [6, 6.07) is 10.6. The number of fused-ring (bicyclic) bond motifs is 1. The molecule has 6 nitrogen and oxygen atoms in total. The largest absolute Gasteiger partial charge is 0.458 e. The number of ether oxygens (including phenoxy) is 1. The topological polar surface area (TPSA) is 71.8 Å². The Kier molecular flexibility index (Phi) is 6.63. The highest BCUT2D eigenvalue weighted by Gasteiger charge is 2.35. The maximum Gasteiger partial charge on any atom is 0.458 e. The molecule has 1 fully saturated rings. The van der Waals surface area contributed by atoms with Gasteiger partial charge in [-0.3, -0.25) is 4.79 Å². The van der Waals surface area contributed by atoms with Gasteiger partial charge >= 0.3 is 12.3 Å². The zero-order valence-corrected chi connectivity index (χ0v) is 18.8. The third-order valence-electron chi connectivity index (χ3n) is 5.58. The van der Waals surface area contributed by atoms with Gasteiger partial charge in [0.05, 0.1) is 5.56 Å². The highest BCUT2D eigenvalue weighted by molar-refractivity contribution is 5.95. The zero-order chi connectivity index (χ0) is 26.1. The first-order valence-corrected chi connectivity index (χ1v) is 10.8. The van der Waals surface area contributed by atoms with E-state index in [0.29, 0.717) is 22.1 Å². The summed E-state index contributed by atoms with van der Waals surface area (Å²) in [4.78, 5) is 25.5. The van der Waals surface area contributed by atoms with Crippen molar-refractivity contribution in [3.05, 3.63) is 53.6 Å². The Morgan fingerprint density at radius 1 is 1.06 bits per heavy atom. The van der Waals surface area contributed by atoms with Crippen molar-refractivity contribution in [2.75, 3.05) is 20.1 Å². The van der Waals surface area contributed by atoms with Crippen LogP contribution in [0.15, 0.2) is 46.9 Å². The molecular formula is C25H19F5N2O4. The van der Waals surface area contributed by atoms with Gasteiger partial charge in [0, 0.05) is 55.9 Å². The van der Waals surface area contributed by atoms with Gasteiger partial charge in [-0.15, -0.1) is 0 Å². The molecule has 0 aliphatic carbocycles. The van der Waals surface area contributed by atoms with E-state index in [-0.39, 0.29) is 36.1 Å². The molecule has 11 heteroatoms. The molecule has 1 saturated heterocycles. The standard InChI is InChI=1S/C25H19F5N2O4/c1-31-23(34)36-20-14-19-13-18(12-17(21(19)35-20)6-7-25(28,29)30)15-2-4-16(5-3-15)22(33)32-10-8-24(26,27)9-11-32/h2-5,12-14H,8-11H2,1H3,(H,31,34). The normalized spacial score (nSPS) is 15.2. The molecule has 2 aromatic carbocycles. The lowest BCUT2D eigenvalue weighted by Gasteiger charge is -2.31. The molecule has 1 aliphatic heterocycles. The number of halogens is 5. The van der Waals surface area contributed by atoms with Gasteiger partial charge in [-0.2, -0.15) is 13.2 Å². The first kappa shape index (κ1) is 25.0. The lowest BCUT2D eigenvalue weighted by atomic mass is 9.99. The van der Waals surface area contributed by atoms with Crippen LogP contribution < -0.4 is 10.1 Å². The van der Waals surface area contributed by atoms with Crippen LogP contribution in [0.4, 0.5) is 26.7 Å². The van der Waals surface area contributed by atoms with Crippen LogP contribution in [0.5, 0.6) is 5.95 Å². The third-order valence-corrected chi connectivity index (χ3v) is 5.58. The SMILES string of the molecule is CNC(=O)Oc1cc2cc(-c3ccc(C(=O)N4CCC(F)(F)CC4)cc3)cc(C#CC(F)(F)F)c2o1. The lowest BCUT2D eigenvalue weighted by Crippen LogP contribution is -2.42. The molecule has 36 heavy (non-hydrogen) atoms. The molecule has 0 atom stereocenters. The van der Waals surface area contributed by atoms with Gasteiger partial charge in [-0.25, -0.2) is 13.6 Å². The third kappa shape index (κ3) is 5.76. The van der Waals surface area contributed by atoms with E-state index >= 15 is 0 Å². The van der Waals surface area contributed by atoms with Crippen LogP contribution in [0.3, 0.4) is 0 Å². The molecule has 0 unspecified atom stereocenters. The molecule has 1 N–H and O–H groups in total. The molecule has 4 rings (SSSR count). The fourth-order valence-electron chi connectivity index (χ4n) is 3.74. The summed E-state index contributed by atoms with van der Waals surface area (Å²) in [5, 5.41) is 2.57. The van der Waals surface area contributed by atoms with Crippen LogP contribution in [0, 0.1) is 11.8 Å². The van der Waals surface area contributed by atoms with Crippen molar-refractivity contribution in [3.8, 4) is 28.9 Å². The minimum absolute atomic E-state index is 0.00287. The minimum Gasteiger partial charge on any atom is -0.424 e. The summed E-state index contributed by atoms with van der Waals surface area (Å²) >= 11 is 0. The van der Waals surface area contributed by atoms with E-state index in [0.717, 1.165) is 0 Å². The number of hydrogen-bond donors (Lipinski definition) is 1. The number of alkyl halides is 5. The number of piperidine rings is 1. The molecule has 0 bridgehead atoms. The lowest BCUT2D eigenvalue weighted by molar-refractivity contribution is -0.0697. The number of nitrogens with zero attached hydrogens (tertiary/aromatic N) is 1. The Bertz CT molecular complexity index is 1360. The molecule has 2 amide bonds. The van der Waals surface area contributed by atoms with Crippen LogP contribution >= 0.6 is 0 Å². The van der Waals surface area contributed by atoms with Crippen molar-refractivity contribution in [1.29, 1.82) is 0 Å². The highest BCUT2D eigenvalue weighted by Crippen LogP contribution is 2.33. The van der Waals surface area contributed by atoms with E-state index < -0.39 is 31.0 Å². The number of rotatable bonds is 3. The molecule has 188 valence electrons. The highest BCUT2D eigenvalue weighted by atomic mass is 19.4. The second-order valence-corrected chi connectivity index (χ2v) is 8.12. The number of carbonyl (C=O) groups excluding carboxylic acids is 2. The predicted molar refractivity (Wildman–Crippen MR) is 120 cm³/mol. The molecule has 0 saturated carbocycles. The van der Waals surface area contributed by atoms with Gasteiger partial charge in [0.1, 0.15) is 0 Å². The van der Waals surface area contributed by atoms with Crippen LogP contribution in [-0.2, 0) is 0 Å². The van der Waals surface area contributed by atoms with Crippen molar-refractivity contribution in [2.24, 2.45) is 0 Å². The Morgan fingerprint density at radius 3 is 2.33 bits per heavy atom. The fourth-order valence-corrected chi connectivity index (χ4v) is 3.74. The summed E-state index contributed by atoms with van der Waals surface area (Å²) in [5.74, 6) is -0.131. The first-order chi connectivity index (χ1) is 16.9. The Morgan fingerprint density at radius 2 is 1.72 bits per heavy atom. The second-order valence-electron chi connectivity index (χ2n) is 8.12. The van der Waals surface area contributed by atoms with Crippen molar-refractivity contribution >= 4 is 23.0 Å². The average molecular weight is 506 g/mol. The van der Waals surface area contributed by atoms with E-state index in [1.807, 2.05) is 0 Å². The van der Waals surface area contributed by atoms with Gasteiger partial charge in [-0.05, 0) is 35.4 Å². The molecule has 1 aromatic heterocycles. The summed E-state index contributed by atoms with van der Waals surface area (Å²) in [6.07, 6.45) is -6.35. The van der Waals surface area contributed by atoms with Crippen LogP contribution in [0.25, 0.3) is 22.1 Å². The van der Waals surface area contributed by atoms with E-state index in [2.05, 4.69) is 11.2 Å². The van der Waals surface area contributed by atoms with Crippen LogP contribution in [0.2, 0.25) is 0 Å². The van der Waals surface area contributed by atoms with Crippen molar-refractivity contribution in [2.45, 2.75) is 24.9 Å². The van der Waals surface area contributed by atoms with E-state index in [1.54, 1.807) is 18.2 Å². The molecule has 0 radical (unpaired) electrons. The number of furan rings is 1. The number of hydrogen-bond acceptors (Lipinski definition) is 4. The van der Waals surface area contributed by atoms with Crippen molar-refractivity contribution in [1.82, 2.24) is 10.2 Å². The van der Waals surface area contributed by atoms with E-state index in [4.69, 9.17) is 9.15 Å². The fraction of sp³-hybridized carbons (Fsp3) is 0.280. The Balaban J connectivity index is 1.66. The van der Waals surface area contributed by atoms with Crippen molar-refractivity contribution < 1.29 is 40.7 Å². The Labute approximate surface area is 202 Å². The van der Waals surface area contributed by atoms with E-state index in [1.165, 1.54) is 42.1 Å². The zero-order valence-electron chi connectivity index (χ0n) is 18.8. The predicted octanol–water partition coefficient (Wildman–Crippen LogP) is 5.60. The van der Waals surface area contributed by atoms with Gasteiger partial charge in [0.15, 0.2) is 5.58 Å². The number of likely N-dealkylation sites (tertiary alicyclic amines) is 1. The summed E-state index contributed by atoms with van der Waals surface area (Å²) < 4.78 is 75.3. The number of carbonyl (C=O) groups is 2. The minimum atomic E-state index is -4.74. The average Bonchev–Trinajstić information content (AvgIpc) is 3.24.